The van der Waals surface area contributed by atoms with Gasteiger partial charge in [0.15, 0.2) is 0 Å². The number of fused-ring (bicyclic) bond motifs is 1. The molecular weight excluding hydrogens is 493 g/mol. The third-order valence-corrected chi connectivity index (χ3v) is 7.82. The van der Waals surface area contributed by atoms with Crippen molar-refractivity contribution in [1.82, 2.24) is 0 Å². The fourth-order valence-electron chi connectivity index (χ4n) is 4.61. The Morgan fingerprint density at radius 3 is 2.76 bits per heavy atom. The molecule has 0 bridgehead atoms. The van der Waals surface area contributed by atoms with E-state index in [1.54, 1.807) is 0 Å². The third-order valence-electron chi connectivity index (χ3n) is 6.39. The molecule has 29 heavy (non-hydrogen) atoms. The number of allylic oxidation sites excluding steroid dienone is 1. The van der Waals surface area contributed by atoms with Crippen molar-refractivity contribution in [2.24, 2.45) is 17.8 Å². The van der Waals surface area contributed by atoms with Crippen LogP contribution < -0.4 is 0 Å². The van der Waals surface area contributed by atoms with E-state index in [2.05, 4.69) is 34.3 Å². The lowest BCUT2D eigenvalue weighted by molar-refractivity contribution is -0.140. The zero-order valence-electron chi connectivity index (χ0n) is 17.7. The number of carbonyl (C=O) groups excluding carboxylic acids is 1. The summed E-state index contributed by atoms with van der Waals surface area (Å²) in [4.78, 5) is 11.3. The minimum absolute atomic E-state index is 0.127. The number of halogens is 3. The van der Waals surface area contributed by atoms with E-state index >= 15 is 0 Å². The van der Waals surface area contributed by atoms with E-state index < -0.39 is 12.0 Å². The van der Waals surface area contributed by atoms with Gasteiger partial charge in [-0.3, -0.25) is 4.79 Å². The number of unbranched alkanes of at least 4 members (excludes halogenated alkanes) is 1. The predicted molar refractivity (Wildman–Crippen MR) is 117 cm³/mol. The summed E-state index contributed by atoms with van der Waals surface area (Å²) < 4.78 is 39.4. The number of methoxy groups -OCH3 is 1. The second kappa shape index (κ2) is 11.4. The highest BCUT2D eigenvalue weighted by Crippen LogP contribution is 2.48. The number of aliphatic hydroxyl groups excluding tert-OH is 1. The van der Waals surface area contributed by atoms with Crippen molar-refractivity contribution in [2.75, 3.05) is 7.11 Å². The highest BCUT2D eigenvalue weighted by Gasteiger charge is 2.48. The van der Waals surface area contributed by atoms with E-state index in [0.717, 1.165) is 25.7 Å². The zero-order valence-corrected chi connectivity index (χ0v) is 19.8. The summed E-state index contributed by atoms with van der Waals surface area (Å²) in [6.45, 7) is 4.00. The van der Waals surface area contributed by atoms with Gasteiger partial charge < -0.3 is 14.6 Å². The third kappa shape index (κ3) is 6.86. The van der Waals surface area contributed by atoms with Gasteiger partial charge in [-0.25, -0.2) is 8.78 Å². The summed E-state index contributed by atoms with van der Waals surface area (Å²) in [5.41, 5.74) is 0. The number of ether oxygens (including phenoxy) is 2. The van der Waals surface area contributed by atoms with Crippen molar-refractivity contribution < 1.29 is 28.2 Å². The maximum atomic E-state index is 14.1. The molecular formula is C22H35F2IO4. The fourth-order valence-corrected chi connectivity index (χ4v) is 5.51. The van der Waals surface area contributed by atoms with Crippen LogP contribution in [0.2, 0.25) is 0 Å². The lowest BCUT2D eigenvalue weighted by Gasteiger charge is -2.23. The number of hydrogen-bond donors (Lipinski definition) is 1. The minimum Gasteiger partial charge on any atom is -0.469 e. The Balaban J connectivity index is 1.89. The van der Waals surface area contributed by atoms with E-state index in [1.165, 1.54) is 13.2 Å². The standard InChI is InChI=1S/C22H35F2IO4/c1-4-5-11-22(23,24)20(26)10-9-15-14(2)12-18-16(15)13-19(29-18)17(25)7-6-8-21(27)28-3/h9-10,14-20,26H,4-8,11-13H2,1-3H3/t14-,15-,16-,17-,18+,19-,20-/m1/s1. The Morgan fingerprint density at radius 2 is 2.10 bits per heavy atom. The molecule has 0 aromatic carbocycles. The maximum absolute atomic E-state index is 14.1. The highest BCUT2D eigenvalue weighted by molar-refractivity contribution is 14.1. The molecule has 2 rings (SSSR count). The quantitative estimate of drug-likeness (QED) is 0.171. The number of hydrogen-bond acceptors (Lipinski definition) is 4. The van der Waals surface area contributed by atoms with E-state index in [-0.39, 0.29) is 30.5 Å². The summed E-state index contributed by atoms with van der Waals surface area (Å²) in [5, 5.41) is 9.99. The average Bonchev–Trinajstić information content (AvgIpc) is 3.21. The van der Waals surface area contributed by atoms with E-state index in [0.29, 0.717) is 35.0 Å². The molecule has 168 valence electrons. The van der Waals surface area contributed by atoms with Crippen LogP contribution in [0, 0.1) is 17.8 Å². The van der Waals surface area contributed by atoms with Crippen LogP contribution in [-0.2, 0) is 14.3 Å². The van der Waals surface area contributed by atoms with Crippen LogP contribution in [0.3, 0.4) is 0 Å². The van der Waals surface area contributed by atoms with E-state index in [9.17, 15) is 18.7 Å². The van der Waals surface area contributed by atoms with Crippen LogP contribution in [0.15, 0.2) is 12.2 Å². The van der Waals surface area contributed by atoms with Crippen LogP contribution in [-0.4, -0.2) is 46.3 Å². The van der Waals surface area contributed by atoms with Crippen molar-refractivity contribution in [3.05, 3.63) is 12.2 Å². The zero-order chi connectivity index (χ0) is 21.6. The van der Waals surface area contributed by atoms with Crippen molar-refractivity contribution in [3.63, 3.8) is 0 Å². The molecule has 1 aliphatic carbocycles. The molecule has 1 aliphatic heterocycles. The van der Waals surface area contributed by atoms with Gasteiger partial charge in [0, 0.05) is 16.8 Å². The molecule has 0 aromatic heterocycles. The molecule has 1 saturated carbocycles. The number of carbonyl (C=O) groups is 1. The first-order valence-electron chi connectivity index (χ1n) is 10.8. The van der Waals surface area contributed by atoms with Crippen molar-refractivity contribution in [1.29, 1.82) is 0 Å². The molecule has 1 saturated heterocycles. The first kappa shape index (κ1) is 25.0. The molecule has 1 heterocycles. The number of rotatable bonds is 11. The largest absolute Gasteiger partial charge is 0.469 e. The smallest absolute Gasteiger partial charge is 0.305 e. The number of aliphatic hydroxyl groups is 1. The number of esters is 1. The second-order valence-electron chi connectivity index (χ2n) is 8.58. The fraction of sp³-hybridized carbons (Fsp3) is 0.864. The van der Waals surface area contributed by atoms with Gasteiger partial charge in [-0.15, -0.1) is 0 Å². The van der Waals surface area contributed by atoms with Gasteiger partial charge >= 0.3 is 5.97 Å². The normalized spacial score (nSPS) is 31.8. The molecule has 0 radical (unpaired) electrons. The van der Waals surface area contributed by atoms with Gasteiger partial charge in [0.25, 0.3) is 5.92 Å². The van der Waals surface area contributed by atoms with Gasteiger partial charge in [-0.1, -0.05) is 55.0 Å². The van der Waals surface area contributed by atoms with E-state index in [1.807, 2.05) is 13.0 Å². The van der Waals surface area contributed by atoms with Gasteiger partial charge in [0.1, 0.15) is 6.10 Å². The molecule has 2 fully saturated rings. The Morgan fingerprint density at radius 1 is 1.38 bits per heavy atom. The summed E-state index contributed by atoms with van der Waals surface area (Å²) >= 11 is 2.40. The van der Waals surface area contributed by atoms with Crippen molar-refractivity contribution in [3.8, 4) is 0 Å². The van der Waals surface area contributed by atoms with Crippen LogP contribution in [0.5, 0.6) is 0 Å². The SMILES string of the molecule is CCCCC(F)(F)[C@H](O)C=C[C@H]1[C@H]2C[C@H]([C@H](I)CCCC(=O)OC)O[C@H]2C[C@H]1C. The summed E-state index contributed by atoms with van der Waals surface area (Å²) in [6, 6.07) is 0. The highest BCUT2D eigenvalue weighted by atomic mass is 127. The monoisotopic (exact) mass is 528 g/mol. The van der Waals surface area contributed by atoms with Gasteiger partial charge in [-0.2, -0.15) is 0 Å². The van der Waals surface area contributed by atoms with Crippen molar-refractivity contribution in [2.45, 2.75) is 93.4 Å². The molecule has 7 atom stereocenters. The molecule has 4 nitrogen and oxygen atoms in total. The Labute approximate surface area is 186 Å². The molecule has 0 unspecified atom stereocenters. The van der Waals surface area contributed by atoms with Gasteiger partial charge in [-0.05, 0) is 49.9 Å². The first-order valence-corrected chi connectivity index (χ1v) is 12.0. The molecule has 1 N–H and O–H groups in total. The van der Waals surface area contributed by atoms with Crippen molar-refractivity contribution >= 4 is 28.6 Å². The lowest BCUT2D eigenvalue weighted by atomic mass is 9.86. The Hall–Kier alpha value is -0.280. The molecule has 0 amide bonds. The predicted octanol–water partition coefficient (Wildman–Crippen LogP) is 5.31. The number of alkyl halides is 3. The van der Waals surface area contributed by atoms with Gasteiger partial charge in [0.2, 0.25) is 0 Å². The summed E-state index contributed by atoms with van der Waals surface area (Å²) in [6.07, 6.45) is 6.38. The second-order valence-corrected chi connectivity index (χ2v) is 10.2. The summed E-state index contributed by atoms with van der Waals surface area (Å²) in [7, 11) is 1.40. The molecule has 0 spiro atoms. The average molecular weight is 528 g/mol. The molecule has 2 aliphatic rings. The lowest BCUT2D eigenvalue weighted by Crippen LogP contribution is -2.32. The van der Waals surface area contributed by atoms with Crippen LogP contribution in [0.1, 0.15) is 65.2 Å². The Bertz CT molecular complexity index is 557. The van der Waals surface area contributed by atoms with Crippen LogP contribution >= 0.6 is 22.6 Å². The van der Waals surface area contributed by atoms with Gasteiger partial charge in [0.05, 0.1) is 19.3 Å². The maximum Gasteiger partial charge on any atom is 0.305 e. The topological polar surface area (TPSA) is 55.8 Å². The minimum atomic E-state index is -3.07. The Kier molecular flexibility index (Phi) is 9.80. The van der Waals surface area contributed by atoms with Crippen LogP contribution in [0.25, 0.3) is 0 Å². The molecule has 0 aromatic rings. The van der Waals surface area contributed by atoms with Crippen LogP contribution in [0.4, 0.5) is 8.78 Å². The molecule has 7 heteroatoms. The summed E-state index contributed by atoms with van der Waals surface area (Å²) in [5.74, 6) is -2.45. The van der Waals surface area contributed by atoms with E-state index in [4.69, 9.17) is 4.74 Å². The first-order chi connectivity index (χ1) is 13.7.